The van der Waals surface area contributed by atoms with Crippen molar-refractivity contribution >= 4 is 28.4 Å². The second-order valence-corrected chi connectivity index (χ2v) is 9.57. The molecule has 204 valence electrons. The van der Waals surface area contributed by atoms with Gasteiger partial charge < -0.3 is 23.8 Å². The van der Waals surface area contributed by atoms with Crippen LogP contribution in [0.3, 0.4) is 0 Å². The fourth-order valence-corrected chi connectivity index (χ4v) is 3.45. The largest absolute Gasteiger partial charge is 0.511 e. The zero-order valence-corrected chi connectivity index (χ0v) is 18.7. The molecule has 2 rings (SSSR count). The average Bonchev–Trinajstić information content (AvgIpc) is 2.68. The molecule has 2 atom stereocenters. The second-order valence-electron chi connectivity index (χ2n) is 7.16. The van der Waals surface area contributed by atoms with Crippen LogP contribution in [0.15, 0.2) is 22.6 Å². The molecule has 0 saturated heterocycles. The van der Waals surface area contributed by atoms with Crippen molar-refractivity contribution in [1.82, 2.24) is 0 Å². The normalized spacial score (nSPS) is 18.3. The second kappa shape index (κ2) is 8.86. The number of rotatable bonds is 8. The molecule has 0 N–H and O–H groups in total. The van der Waals surface area contributed by atoms with Crippen molar-refractivity contribution in [1.29, 1.82) is 0 Å². The lowest BCUT2D eigenvalue weighted by Gasteiger charge is -2.41. The molecule has 0 amide bonds. The van der Waals surface area contributed by atoms with Gasteiger partial charge in [-0.2, -0.15) is 13.2 Å². The number of carbonyl (C=O) groups excluding carboxylic acids is 2. The first-order chi connectivity index (χ1) is 16.1. The molecule has 0 saturated carbocycles. The topological polar surface area (TPSA) is 123 Å². The van der Waals surface area contributed by atoms with Gasteiger partial charge in [0.05, 0.1) is 5.57 Å². The third-order valence-corrected chi connectivity index (χ3v) is 5.29. The molecule has 0 aliphatic carbocycles. The van der Waals surface area contributed by atoms with Crippen molar-refractivity contribution in [3.05, 3.63) is 38.9 Å². The summed E-state index contributed by atoms with van der Waals surface area (Å²) >= 11 is 0. The van der Waals surface area contributed by atoms with E-state index in [1.807, 2.05) is 0 Å². The van der Waals surface area contributed by atoms with Crippen molar-refractivity contribution in [2.24, 2.45) is 0 Å². The molecule has 0 radical (unpaired) electrons. The summed E-state index contributed by atoms with van der Waals surface area (Å²) in [6, 6.07) is -0.256. The van der Waals surface area contributed by atoms with Crippen molar-refractivity contribution in [2.45, 2.75) is 37.1 Å². The summed E-state index contributed by atoms with van der Waals surface area (Å²) in [7, 11) is -10.2. The van der Waals surface area contributed by atoms with Crippen LogP contribution in [0, 0.1) is 17.0 Å². The maximum Gasteiger partial charge on any atom is 0.511 e. The first-order valence-electron chi connectivity index (χ1n) is 9.20. The molecule has 10 nitrogen and oxygen atoms in total. The van der Waals surface area contributed by atoms with Gasteiger partial charge >= 0.3 is 28.5 Å². The van der Waals surface area contributed by atoms with Crippen molar-refractivity contribution < 1.29 is 71.1 Å². The Morgan fingerprint density at radius 3 is 2.31 bits per heavy atom. The molecule has 1 aromatic carbocycles. The van der Waals surface area contributed by atoms with E-state index in [0.717, 1.165) is 13.8 Å². The summed E-state index contributed by atoms with van der Waals surface area (Å²) in [5.74, 6) is -2.71. The first kappa shape index (κ1) is 28.7. The highest BCUT2D eigenvalue weighted by molar-refractivity contribution is 8.45. The van der Waals surface area contributed by atoms with Crippen LogP contribution in [-0.2, 0) is 23.8 Å². The van der Waals surface area contributed by atoms with E-state index in [1.165, 1.54) is 0 Å². The predicted octanol–water partition coefficient (Wildman–Crippen LogP) is 5.61. The minimum absolute atomic E-state index is 0.0812. The Labute approximate surface area is 195 Å². The van der Waals surface area contributed by atoms with Gasteiger partial charge in [0.15, 0.2) is 0 Å². The van der Waals surface area contributed by atoms with Crippen LogP contribution >= 0.6 is 10.2 Å². The summed E-state index contributed by atoms with van der Waals surface area (Å²) < 4.78 is 124. The summed E-state index contributed by atoms with van der Waals surface area (Å²) in [6.45, 7) is -0.137. The van der Waals surface area contributed by atoms with Crippen LogP contribution in [0.5, 0.6) is 5.75 Å². The smallest absolute Gasteiger partial charge is 0.475 e. The molecule has 1 unspecified atom stereocenters. The van der Waals surface area contributed by atoms with Gasteiger partial charge in [0, 0.05) is 5.56 Å². The molecule has 1 aliphatic rings. The molecule has 36 heavy (non-hydrogen) atoms. The maximum atomic E-state index is 13.5. The van der Waals surface area contributed by atoms with E-state index in [9.17, 15) is 52.3 Å². The van der Waals surface area contributed by atoms with Gasteiger partial charge in [0.1, 0.15) is 23.4 Å². The number of fused-ring (bicyclic) bond motifs is 1. The monoisotopic (exact) mass is 561 g/mol. The Balaban J connectivity index is 2.24. The lowest BCUT2D eigenvalue weighted by Crippen LogP contribution is -2.41. The maximum absolute atomic E-state index is 13.5. The molecule has 0 fully saturated rings. The van der Waals surface area contributed by atoms with E-state index in [1.54, 1.807) is 0 Å². The van der Waals surface area contributed by atoms with Gasteiger partial charge in [-0.3, -0.25) is 0 Å². The number of ether oxygens (including phenoxy) is 4. The van der Waals surface area contributed by atoms with Gasteiger partial charge in [-0.15, -0.1) is 10.1 Å². The molecular formula is C17H15F8NO9S. The molecule has 0 aromatic heterocycles. The molecule has 19 heteroatoms. The number of carbonyl (C=O) groups is 2. The number of benzene rings is 1. The minimum atomic E-state index is -10.2. The Morgan fingerprint density at radius 1 is 1.17 bits per heavy atom. The predicted molar refractivity (Wildman–Crippen MR) is 102 cm³/mol. The molecule has 1 heterocycles. The van der Waals surface area contributed by atoms with E-state index < -0.39 is 86.6 Å². The van der Waals surface area contributed by atoms with Crippen LogP contribution in [0.1, 0.15) is 18.1 Å². The van der Waals surface area contributed by atoms with Crippen molar-refractivity contribution in [2.75, 3.05) is 13.4 Å². The van der Waals surface area contributed by atoms with E-state index in [2.05, 4.69) is 23.8 Å². The van der Waals surface area contributed by atoms with Gasteiger partial charge in [-0.1, -0.05) is 19.4 Å². The van der Waals surface area contributed by atoms with Crippen LogP contribution < -0.4 is 4.74 Å². The summed E-state index contributed by atoms with van der Waals surface area (Å²) in [5.41, 5.74) is -3.06. The third kappa shape index (κ3) is 7.49. The number of hydrogen-bond acceptors (Lipinski definition) is 9. The third-order valence-electron chi connectivity index (χ3n) is 4.16. The number of nitrogens with zero attached hydrogens (tertiary/aromatic N) is 1. The SMILES string of the molecule is Cc1cc(S(F)(F)(F)(F)F)cc2c1OC(C(F)(F)F)C(C(=O)OCOC(=O)O[C@@H](C)CO[N+](=O)[O-])=C2. The lowest BCUT2D eigenvalue weighted by atomic mass is 9.99. The van der Waals surface area contributed by atoms with Crippen molar-refractivity contribution in [3.8, 4) is 5.75 Å². The Bertz CT molecular complexity index is 1110. The number of esters is 1. The van der Waals surface area contributed by atoms with Crippen LogP contribution in [0.2, 0.25) is 0 Å². The van der Waals surface area contributed by atoms with E-state index >= 15 is 0 Å². The number of halogens is 8. The minimum Gasteiger partial charge on any atom is -0.475 e. The highest BCUT2D eigenvalue weighted by atomic mass is 32.5. The number of alkyl halides is 3. The number of aryl methyl sites for hydroxylation is 1. The standard InChI is InChI=1S/C17H15F8NO9S/c1-8-3-11(36(21,22,23,24)25)4-10-5-12(14(17(18,19)20)35-13(8)10)15(27)31-7-32-16(28)34-9(2)6-33-26(29)30/h3-5,9,14H,6-7H2,1-2H3/t9-,14?/m0/s1. The molecule has 0 spiro atoms. The first-order valence-corrected chi connectivity index (χ1v) is 11.1. The van der Waals surface area contributed by atoms with Gasteiger partial charge in [-0.25, -0.2) is 9.59 Å². The summed E-state index contributed by atoms with van der Waals surface area (Å²) in [4.78, 5) is 35.1. The highest BCUT2D eigenvalue weighted by Gasteiger charge is 2.65. The Hall–Kier alpha value is -3.51. The van der Waals surface area contributed by atoms with E-state index in [4.69, 9.17) is 0 Å². The fourth-order valence-electron chi connectivity index (χ4n) is 2.70. The number of hydrogen-bond donors (Lipinski definition) is 0. The summed E-state index contributed by atoms with van der Waals surface area (Å²) in [6.07, 6.45) is -10.9. The summed E-state index contributed by atoms with van der Waals surface area (Å²) in [5, 5.41) is 8.86. The molecule has 0 bridgehead atoms. The van der Waals surface area contributed by atoms with Gasteiger partial charge in [0.2, 0.25) is 12.9 Å². The average molecular weight is 561 g/mol. The molecule has 1 aliphatic heterocycles. The van der Waals surface area contributed by atoms with Gasteiger partial charge in [-0.05, 0) is 37.6 Å². The van der Waals surface area contributed by atoms with Crippen molar-refractivity contribution in [3.63, 3.8) is 0 Å². The van der Waals surface area contributed by atoms with E-state index in [-0.39, 0.29) is 18.2 Å². The molecule has 1 aromatic rings. The quantitative estimate of drug-likeness (QED) is 0.131. The Morgan fingerprint density at radius 2 is 1.78 bits per heavy atom. The van der Waals surface area contributed by atoms with E-state index in [0.29, 0.717) is 0 Å². The Kier molecular flexibility index (Phi) is 7.07. The zero-order chi connectivity index (χ0) is 27.8. The highest BCUT2D eigenvalue weighted by Crippen LogP contribution is 3.02. The van der Waals surface area contributed by atoms with Crippen LogP contribution in [0.4, 0.5) is 37.4 Å². The van der Waals surface area contributed by atoms with Crippen LogP contribution in [0.25, 0.3) is 6.08 Å². The lowest BCUT2D eigenvalue weighted by molar-refractivity contribution is -0.759. The van der Waals surface area contributed by atoms with Gasteiger partial charge in [0.25, 0.3) is 5.09 Å². The fraction of sp³-hybridized carbons (Fsp3) is 0.412. The molecular weight excluding hydrogens is 546 g/mol. The zero-order valence-electron chi connectivity index (χ0n) is 17.9. The van der Waals surface area contributed by atoms with Crippen LogP contribution in [-0.4, -0.2) is 49.0 Å².